The third-order valence-corrected chi connectivity index (χ3v) is 3.44. The standard InChI is InChI=1S/C13H16N2OS/c1-11-5-9-17-12(11)10-14-7-8-16-13-4-2-3-6-15-13/h2-6,9,14H,7-8,10H2,1H3. The van der Waals surface area contributed by atoms with Crippen molar-refractivity contribution in [2.75, 3.05) is 13.2 Å². The van der Waals surface area contributed by atoms with E-state index >= 15 is 0 Å². The fourth-order valence-corrected chi connectivity index (χ4v) is 2.32. The molecule has 17 heavy (non-hydrogen) atoms. The first-order chi connectivity index (χ1) is 8.36. The van der Waals surface area contributed by atoms with Gasteiger partial charge < -0.3 is 10.1 Å². The van der Waals surface area contributed by atoms with Gasteiger partial charge in [0.1, 0.15) is 6.61 Å². The fourth-order valence-electron chi connectivity index (χ4n) is 1.45. The zero-order valence-electron chi connectivity index (χ0n) is 9.85. The van der Waals surface area contributed by atoms with Gasteiger partial charge in [-0.15, -0.1) is 11.3 Å². The van der Waals surface area contributed by atoms with Crippen LogP contribution in [0.1, 0.15) is 10.4 Å². The van der Waals surface area contributed by atoms with Crippen molar-refractivity contribution in [3.63, 3.8) is 0 Å². The molecule has 90 valence electrons. The van der Waals surface area contributed by atoms with Crippen LogP contribution in [0, 0.1) is 6.92 Å². The number of nitrogens with one attached hydrogen (secondary N) is 1. The van der Waals surface area contributed by atoms with E-state index in [9.17, 15) is 0 Å². The number of pyridine rings is 1. The Morgan fingerprint density at radius 2 is 2.29 bits per heavy atom. The zero-order chi connectivity index (χ0) is 11.9. The maximum absolute atomic E-state index is 5.49. The Hall–Kier alpha value is -1.39. The molecular formula is C13H16N2OS. The van der Waals surface area contributed by atoms with Crippen molar-refractivity contribution in [2.24, 2.45) is 0 Å². The van der Waals surface area contributed by atoms with Crippen LogP contribution in [0.15, 0.2) is 35.8 Å². The molecule has 0 saturated heterocycles. The van der Waals surface area contributed by atoms with Gasteiger partial charge in [0.15, 0.2) is 0 Å². The normalized spacial score (nSPS) is 10.4. The SMILES string of the molecule is Cc1ccsc1CNCCOc1ccccn1. The molecule has 0 atom stereocenters. The second-order valence-corrected chi connectivity index (χ2v) is 4.72. The van der Waals surface area contributed by atoms with Crippen LogP contribution in [0.5, 0.6) is 5.88 Å². The number of thiophene rings is 1. The van der Waals surface area contributed by atoms with Crippen molar-refractivity contribution in [2.45, 2.75) is 13.5 Å². The predicted octanol–water partition coefficient (Wildman–Crippen LogP) is 2.62. The molecule has 0 aliphatic carbocycles. The lowest BCUT2D eigenvalue weighted by molar-refractivity contribution is 0.302. The van der Waals surface area contributed by atoms with Crippen molar-refractivity contribution in [3.05, 3.63) is 46.3 Å². The summed E-state index contributed by atoms with van der Waals surface area (Å²) in [5, 5.41) is 5.48. The van der Waals surface area contributed by atoms with Gasteiger partial charge in [0.2, 0.25) is 5.88 Å². The van der Waals surface area contributed by atoms with Gasteiger partial charge in [0.05, 0.1) is 0 Å². The Balaban J connectivity index is 1.63. The highest BCUT2D eigenvalue weighted by Crippen LogP contribution is 2.14. The second kappa shape index (κ2) is 6.37. The molecule has 1 N–H and O–H groups in total. The van der Waals surface area contributed by atoms with Crippen LogP contribution >= 0.6 is 11.3 Å². The minimum absolute atomic E-state index is 0.640. The van der Waals surface area contributed by atoms with Gasteiger partial charge in [-0.1, -0.05) is 6.07 Å². The molecule has 0 aliphatic rings. The van der Waals surface area contributed by atoms with Crippen molar-refractivity contribution >= 4 is 11.3 Å². The summed E-state index contributed by atoms with van der Waals surface area (Å²) in [6, 6.07) is 7.81. The number of rotatable bonds is 6. The van der Waals surface area contributed by atoms with Gasteiger partial charge in [-0.05, 0) is 30.0 Å². The molecule has 3 nitrogen and oxygen atoms in total. The molecule has 0 fully saturated rings. The average Bonchev–Trinajstić information content (AvgIpc) is 2.76. The first kappa shape index (κ1) is 12.1. The van der Waals surface area contributed by atoms with E-state index in [0.717, 1.165) is 13.1 Å². The summed E-state index contributed by atoms with van der Waals surface area (Å²) in [6.45, 7) is 4.52. The van der Waals surface area contributed by atoms with Crippen LogP contribution in [-0.2, 0) is 6.54 Å². The first-order valence-corrected chi connectivity index (χ1v) is 6.52. The van der Waals surface area contributed by atoms with Crippen LogP contribution in [0.25, 0.3) is 0 Å². The summed E-state index contributed by atoms with van der Waals surface area (Å²) in [7, 11) is 0. The van der Waals surface area contributed by atoms with Gasteiger partial charge in [0.25, 0.3) is 0 Å². The Morgan fingerprint density at radius 1 is 1.35 bits per heavy atom. The lowest BCUT2D eigenvalue weighted by Crippen LogP contribution is -2.20. The molecule has 2 aromatic heterocycles. The highest BCUT2D eigenvalue weighted by atomic mass is 32.1. The van der Waals surface area contributed by atoms with E-state index in [0.29, 0.717) is 12.5 Å². The molecule has 0 aromatic carbocycles. The van der Waals surface area contributed by atoms with Crippen LogP contribution in [0.3, 0.4) is 0 Å². The van der Waals surface area contributed by atoms with E-state index in [-0.39, 0.29) is 0 Å². The summed E-state index contributed by atoms with van der Waals surface area (Å²) < 4.78 is 5.49. The summed E-state index contributed by atoms with van der Waals surface area (Å²) in [6.07, 6.45) is 1.73. The smallest absolute Gasteiger partial charge is 0.213 e. The van der Waals surface area contributed by atoms with E-state index in [1.807, 2.05) is 18.2 Å². The van der Waals surface area contributed by atoms with Crippen LogP contribution < -0.4 is 10.1 Å². The number of aryl methyl sites for hydroxylation is 1. The van der Waals surface area contributed by atoms with Crippen LogP contribution in [-0.4, -0.2) is 18.1 Å². The second-order valence-electron chi connectivity index (χ2n) is 3.72. The maximum Gasteiger partial charge on any atom is 0.213 e. The number of nitrogens with zero attached hydrogens (tertiary/aromatic N) is 1. The van der Waals surface area contributed by atoms with Gasteiger partial charge in [0, 0.05) is 30.2 Å². The molecule has 2 rings (SSSR count). The molecule has 0 bridgehead atoms. The molecule has 2 aromatic rings. The highest BCUT2D eigenvalue weighted by Gasteiger charge is 1.98. The minimum atomic E-state index is 0.640. The number of ether oxygens (including phenoxy) is 1. The van der Waals surface area contributed by atoms with Crippen molar-refractivity contribution in [3.8, 4) is 5.88 Å². The summed E-state index contributed by atoms with van der Waals surface area (Å²) >= 11 is 1.79. The Labute approximate surface area is 105 Å². The van der Waals surface area contributed by atoms with E-state index in [4.69, 9.17) is 4.74 Å². The largest absolute Gasteiger partial charge is 0.476 e. The average molecular weight is 248 g/mol. The molecule has 2 heterocycles. The molecular weight excluding hydrogens is 232 g/mol. The topological polar surface area (TPSA) is 34.1 Å². The van der Waals surface area contributed by atoms with Crippen molar-refractivity contribution in [1.29, 1.82) is 0 Å². The van der Waals surface area contributed by atoms with E-state index in [1.165, 1.54) is 10.4 Å². The zero-order valence-corrected chi connectivity index (χ0v) is 10.7. The first-order valence-electron chi connectivity index (χ1n) is 5.64. The predicted molar refractivity (Wildman–Crippen MR) is 70.5 cm³/mol. The third-order valence-electron chi connectivity index (χ3n) is 2.42. The maximum atomic E-state index is 5.49. The molecule has 0 aliphatic heterocycles. The van der Waals surface area contributed by atoms with Gasteiger partial charge in [-0.3, -0.25) is 0 Å². The fraction of sp³-hybridized carbons (Fsp3) is 0.308. The molecule has 0 unspecified atom stereocenters. The number of hydrogen-bond acceptors (Lipinski definition) is 4. The lowest BCUT2D eigenvalue weighted by atomic mass is 10.3. The molecule has 0 spiro atoms. The monoisotopic (exact) mass is 248 g/mol. The minimum Gasteiger partial charge on any atom is -0.476 e. The molecule has 0 saturated carbocycles. The van der Waals surface area contributed by atoms with E-state index in [1.54, 1.807) is 17.5 Å². The Kier molecular flexibility index (Phi) is 4.53. The van der Waals surface area contributed by atoms with Gasteiger partial charge >= 0.3 is 0 Å². The van der Waals surface area contributed by atoms with Crippen LogP contribution in [0.2, 0.25) is 0 Å². The van der Waals surface area contributed by atoms with E-state index < -0.39 is 0 Å². The van der Waals surface area contributed by atoms with Crippen LogP contribution in [0.4, 0.5) is 0 Å². The van der Waals surface area contributed by atoms with E-state index in [2.05, 4.69) is 28.7 Å². The van der Waals surface area contributed by atoms with Gasteiger partial charge in [-0.25, -0.2) is 4.98 Å². The summed E-state index contributed by atoms with van der Waals surface area (Å²) in [5.41, 5.74) is 1.35. The highest BCUT2D eigenvalue weighted by molar-refractivity contribution is 7.10. The van der Waals surface area contributed by atoms with Crippen molar-refractivity contribution < 1.29 is 4.74 Å². The van der Waals surface area contributed by atoms with Crippen molar-refractivity contribution in [1.82, 2.24) is 10.3 Å². The lowest BCUT2D eigenvalue weighted by Gasteiger charge is -2.06. The third kappa shape index (κ3) is 3.84. The number of aromatic nitrogens is 1. The summed E-state index contributed by atoms with van der Waals surface area (Å²) in [4.78, 5) is 5.48. The number of hydrogen-bond donors (Lipinski definition) is 1. The summed E-state index contributed by atoms with van der Waals surface area (Å²) in [5.74, 6) is 0.682. The quantitative estimate of drug-likeness (QED) is 0.798. The van der Waals surface area contributed by atoms with Gasteiger partial charge in [-0.2, -0.15) is 0 Å². The Morgan fingerprint density at radius 3 is 3.00 bits per heavy atom. The Bertz CT molecular complexity index is 442. The molecule has 0 amide bonds. The molecule has 4 heteroatoms. The molecule has 0 radical (unpaired) electrons.